The van der Waals surface area contributed by atoms with E-state index in [4.69, 9.17) is 11.6 Å². The van der Waals surface area contributed by atoms with Gasteiger partial charge in [0.15, 0.2) is 4.34 Å². The van der Waals surface area contributed by atoms with Crippen LogP contribution in [0.25, 0.3) is 10.2 Å². The molecule has 4 aromatic rings. The molecule has 0 bridgehead atoms. The highest BCUT2D eigenvalue weighted by Crippen LogP contribution is 2.29. The number of thioether (sulfide) groups is 1. The number of anilines is 2. The number of benzene rings is 1. The van der Waals surface area contributed by atoms with Gasteiger partial charge in [-0.3, -0.25) is 15.0 Å². The molecule has 0 unspecified atom stereocenters. The Morgan fingerprint density at radius 1 is 1.23 bits per heavy atom. The number of nitrogens with zero attached hydrogens (tertiary/aromatic N) is 4. The third-order valence-corrected chi connectivity index (χ3v) is 7.99. The molecular formula is C19H17ClN6O2S3. The number of carbonyl (C=O) groups excluding carboxylic acids is 1. The minimum atomic E-state index is -0.340. The topological polar surface area (TPSA) is 102 Å². The number of rotatable bonds is 6. The number of amides is 1. The molecule has 160 valence electrons. The van der Waals surface area contributed by atoms with E-state index in [1.807, 2.05) is 39.0 Å². The quantitative estimate of drug-likeness (QED) is 0.382. The molecule has 0 aliphatic rings. The van der Waals surface area contributed by atoms with E-state index in [2.05, 4.69) is 25.9 Å². The summed E-state index contributed by atoms with van der Waals surface area (Å²) in [6.45, 7) is 5.76. The van der Waals surface area contributed by atoms with Crippen molar-refractivity contribution >= 4 is 73.0 Å². The lowest BCUT2D eigenvalue weighted by molar-refractivity contribution is -0.114. The first-order valence-corrected chi connectivity index (χ1v) is 12.1. The smallest absolute Gasteiger partial charge is 0.281 e. The van der Waals surface area contributed by atoms with Crippen LogP contribution in [0.2, 0.25) is 5.02 Å². The average molecular weight is 493 g/mol. The molecule has 0 spiro atoms. The molecule has 12 heteroatoms. The zero-order chi connectivity index (χ0) is 22.1. The minimum absolute atomic E-state index is 0.0805. The molecule has 1 aromatic carbocycles. The maximum atomic E-state index is 12.7. The molecule has 4 rings (SSSR count). The number of fused-ring (bicyclic) bond motifs is 1. The lowest BCUT2D eigenvalue weighted by Crippen LogP contribution is -2.34. The summed E-state index contributed by atoms with van der Waals surface area (Å²) in [6.07, 6.45) is 1.34. The standard InChI is InChI=1S/C19H17ClN6O2S3/c1-9-4-5-12(6-13(9)20)22-18-23-24-19(31-18)29-7-14(27)25-26-8-21-16-15(17(26)28)10(2)11(3)30-16/h4-6,8H,7H2,1-3H3,(H,22,23)(H,25,27). The van der Waals surface area contributed by atoms with Crippen LogP contribution in [0, 0.1) is 20.8 Å². The first-order valence-electron chi connectivity index (χ1n) is 9.08. The molecule has 3 aromatic heterocycles. The van der Waals surface area contributed by atoms with Crippen molar-refractivity contribution in [1.29, 1.82) is 0 Å². The number of halogens is 1. The van der Waals surface area contributed by atoms with Gasteiger partial charge in [-0.15, -0.1) is 21.5 Å². The number of hydrogen-bond acceptors (Lipinski definition) is 9. The van der Waals surface area contributed by atoms with Gasteiger partial charge >= 0.3 is 0 Å². The van der Waals surface area contributed by atoms with E-state index in [1.165, 1.54) is 40.8 Å². The zero-order valence-corrected chi connectivity index (χ0v) is 19.9. The van der Waals surface area contributed by atoms with Crippen molar-refractivity contribution in [2.45, 2.75) is 25.1 Å². The number of hydrogen-bond donors (Lipinski definition) is 2. The summed E-state index contributed by atoms with van der Waals surface area (Å²) in [7, 11) is 0. The largest absolute Gasteiger partial charge is 0.330 e. The van der Waals surface area contributed by atoms with E-state index in [0.29, 0.717) is 24.7 Å². The van der Waals surface area contributed by atoms with Crippen LogP contribution < -0.4 is 16.3 Å². The summed E-state index contributed by atoms with van der Waals surface area (Å²) in [4.78, 5) is 31.0. The van der Waals surface area contributed by atoms with Crippen LogP contribution in [0.15, 0.2) is 33.7 Å². The Morgan fingerprint density at radius 2 is 2.03 bits per heavy atom. The van der Waals surface area contributed by atoms with Crippen LogP contribution in [0.1, 0.15) is 16.0 Å². The van der Waals surface area contributed by atoms with Crippen LogP contribution in [0.4, 0.5) is 10.8 Å². The third-order valence-electron chi connectivity index (χ3n) is 4.49. The van der Waals surface area contributed by atoms with E-state index in [0.717, 1.165) is 26.4 Å². The SMILES string of the molecule is Cc1ccc(Nc2nnc(SCC(=O)Nn3cnc4sc(C)c(C)c4c3=O)s2)cc1Cl. The lowest BCUT2D eigenvalue weighted by Gasteiger charge is -2.06. The molecule has 0 saturated heterocycles. The van der Waals surface area contributed by atoms with Gasteiger partial charge in [0.05, 0.1) is 11.1 Å². The van der Waals surface area contributed by atoms with Crippen LogP contribution in [0.5, 0.6) is 0 Å². The Labute approximate surface area is 194 Å². The van der Waals surface area contributed by atoms with Crippen molar-refractivity contribution in [2.75, 3.05) is 16.5 Å². The molecule has 0 radical (unpaired) electrons. The Hall–Kier alpha value is -2.47. The first-order chi connectivity index (χ1) is 14.8. The van der Waals surface area contributed by atoms with Gasteiger partial charge in [-0.25, -0.2) is 9.66 Å². The van der Waals surface area contributed by atoms with Crippen molar-refractivity contribution in [3.8, 4) is 0 Å². The molecule has 0 aliphatic heterocycles. The Bertz CT molecular complexity index is 1350. The second kappa shape index (κ2) is 8.95. The maximum absolute atomic E-state index is 12.7. The average Bonchev–Trinajstić information content (AvgIpc) is 3.30. The number of aryl methyl sites for hydroxylation is 3. The second-order valence-electron chi connectivity index (χ2n) is 6.67. The summed E-state index contributed by atoms with van der Waals surface area (Å²) >= 11 is 10.2. The van der Waals surface area contributed by atoms with Gasteiger partial charge in [-0.1, -0.05) is 40.8 Å². The highest BCUT2D eigenvalue weighted by atomic mass is 35.5. The molecule has 3 heterocycles. The molecule has 0 fully saturated rings. The van der Waals surface area contributed by atoms with Gasteiger partial charge in [-0.2, -0.15) is 0 Å². The molecule has 1 amide bonds. The maximum Gasteiger partial charge on any atom is 0.281 e. The van der Waals surface area contributed by atoms with Crippen LogP contribution in [-0.2, 0) is 4.79 Å². The number of aromatic nitrogens is 4. The van der Waals surface area contributed by atoms with Crippen molar-refractivity contribution in [3.05, 3.63) is 55.9 Å². The monoisotopic (exact) mass is 492 g/mol. The number of thiophene rings is 1. The van der Waals surface area contributed by atoms with E-state index in [-0.39, 0.29) is 17.2 Å². The van der Waals surface area contributed by atoms with Crippen molar-refractivity contribution in [3.63, 3.8) is 0 Å². The van der Waals surface area contributed by atoms with E-state index in [1.54, 1.807) is 0 Å². The molecule has 8 nitrogen and oxygen atoms in total. The summed E-state index contributed by atoms with van der Waals surface area (Å²) in [5.74, 6) is -0.259. The lowest BCUT2D eigenvalue weighted by atomic mass is 10.2. The fraction of sp³-hybridized carbons (Fsp3) is 0.211. The van der Waals surface area contributed by atoms with E-state index >= 15 is 0 Å². The fourth-order valence-corrected chi connectivity index (χ4v) is 5.45. The fourth-order valence-electron chi connectivity index (χ4n) is 2.72. The van der Waals surface area contributed by atoms with Gasteiger partial charge in [0.2, 0.25) is 11.0 Å². The summed E-state index contributed by atoms with van der Waals surface area (Å²) in [5, 5.41) is 13.1. The van der Waals surface area contributed by atoms with Crippen LogP contribution >= 0.6 is 46.0 Å². The van der Waals surface area contributed by atoms with Crippen molar-refractivity contribution in [1.82, 2.24) is 19.9 Å². The Morgan fingerprint density at radius 3 is 2.81 bits per heavy atom. The Balaban J connectivity index is 1.38. The van der Waals surface area contributed by atoms with Gasteiger partial charge < -0.3 is 5.32 Å². The Kier molecular flexibility index (Phi) is 6.28. The predicted octanol–water partition coefficient (Wildman–Crippen LogP) is 4.49. The van der Waals surface area contributed by atoms with Crippen molar-refractivity contribution < 1.29 is 4.79 Å². The summed E-state index contributed by atoms with van der Waals surface area (Å²) in [6, 6.07) is 5.64. The third kappa shape index (κ3) is 4.74. The van der Waals surface area contributed by atoms with Crippen molar-refractivity contribution in [2.24, 2.45) is 0 Å². The zero-order valence-electron chi connectivity index (χ0n) is 16.7. The van der Waals surface area contributed by atoms with Gasteiger partial charge in [0, 0.05) is 15.6 Å². The normalized spacial score (nSPS) is 11.1. The van der Waals surface area contributed by atoms with E-state index < -0.39 is 0 Å². The second-order valence-corrected chi connectivity index (χ2v) is 10.5. The summed E-state index contributed by atoms with van der Waals surface area (Å²) < 4.78 is 1.75. The van der Waals surface area contributed by atoms with Gasteiger partial charge in [0.25, 0.3) is 5.56 Å². The minimum Gasteiger partial charge on any atom is -0.330 e. The summed E-state index contributed by atoms with van der Waals surface area (Å²) in [5.41, 5.74) is 4.98. The van der Waals surface area contributed by atoms with Crippen LogP contribution in [0.3, 0.4) is 0 Å². The highest BCUT2D eigenvalue weighted by molar-refractivity contribution is 8.01. The molecular weight excluding hydrogens is 476 g/mol. The van der Waals surface area contributed by atoms with E-state index in [9.17, 15) is 9.59 Å². The molecule has 0 aliphatic carbocycles. The molecule has 2 N–H and O–H groups in total. The van der Waals surface area contributed by atoms with Gasteiger partial charge in [0.1, 0.15) is 11.2 Å². The highest BCUT2D eigenvalue weighted by Gasteiger charge is 2.14. The van der Waals surface area contributed by atoms with Gasteiger partial charge in [-0.05, 0) is 44.0 Å². The molecule has 0 saturated carbocycles. The first kappa shape index (κ1) is 21.8. The molecule has 0 atom stereocenters. The predicted molar refractivity (Wildman–Crippen MR) is 128 cm³/mol. The van der Waals surface area contributed by atoms with Crippen LogP contribution in [-0.4, -0.2) is 31.5 Å². The molecule has 31 heavy (non-hydrogen) atoms. The number of nitrogens with one attached hydrogen (secondary N) is 2. The number of carbonyl (C=O) groups is 1.